The van der Waals surface area contributed by atoms with Gasteiger partial charge in [0.25, 0.3) is 0 Å². The summed E-state index contributed by atoms with van der Waals surface area (Å²) in [5.74, 6) is -1.24. The first-order valence-electron chi connectivity index (χ1n) is 7.17. The molecule has 0 radical (unpaired) electrons. The maximum absolute atomic E-state index is 7.12. The zero-order chi connectivity index (χ0) is 14.7. The van der Waals surface area contributed by atoms with E-state index in [0.29, 0.717) is 0 Å². The molecule has 2 heterocycles. The molecule has 0 aliphatic rings. The number of hydrogen-bond donors (Lipinski definition) is 2. The lowest BCUT2D eigenvalue weighted by Crippen LogP contribution is -3.00. The predicted molar refractivity (Wildman–Crippen MR) is 83.9 cm³/mol. The Hall–Kier alpha value is -1.72. The third-order valence-electron chi connectivity index (χ3n) is 4.09. The number of H-pyrrole nitrogens is 2. The molecule has 0 fully saturated rings. The quantitative estimate of drug-likeness (QED) is 0.569. The molecule has 3 rings (SSSR count). The SMILES string of the molecule is C[C@H](Cc1ccccc1)[B-](Cl)([n+]1cc[nH]c1)[n+]1cc[nH]c1.[Cl-]. The van der Waals surface area contributed by atoms with Gasteiger partial charge in [-0.25, -0.2) is 0 Å². The van der Waals surface area contributed by atoms with Crippen LogP contribution in [0.15, 0.2) is 67.8 Å². The van der Waals surface area contributed by atoms with Crippen molar-refractivity contribution >= 4 is 17.3 Å². The molecule has 22 heavy (non-hydrogen) atoms. The third-order valence-corrected chi connectivity index (χ3v) is 4.97. The van der Waals surface area contributed by atoms with E-state index in [1.54, 1.807) is 0 Å². The maximum Gasteiger partial charge on any atom is 0.470 e. The van der Waals surface area contributed by atoms with Gasteiger partial charge in [-0.05, 0) is 6.42 Å². The van der Waals surface area contributed by atoms with Crippen LogP contribution in [0.1, 0.15) is 12.5 Å². The molecule has 0 aliphatic heterocycles. The first-order valence-corrected chi connectivity index (χ1v) is 7.61. The van der Waals surface area contributed by atoms with E-state index in [1.807, 2.05) is 43.5 Å². The molecule has 0 amide bonds. The van der Waals surface area contributed by atoms with Crippen LogP contribution < -0.4 is 21.4 Å². The Morgan fingerprint density at radius 3 is 2.05 bits per heavy atom. The second-order valence-corrected chi connectivity index (χ2v) is 6.16. The Balaban J connectivity index is 0.00000176. The van der Waals surface area contributed by atoms with Gasteiger partial charge in [0.15, 0.2) is 12.7 Å². The minimum Gasteiger partial charge on any atom is -1.00 e. The summed E-state index contributed by atoms with van der Waals surface area (Å²) in [5, 5.41) is 0. The van der Waals surface area contributed by atoms with Crippen molar-refractivity contribution in [3.63, 3.8) is 0 Å². The molecule has 0 bridgehead atoms. The Kier molecular flexibility index (Phi) is 5.32. The summed E-state index contributed by atoms with van der Waals surface area (Å²) in [6, 6.07) is 10.5. The number of nitrogens with one attached hydrogen (secondary N) is 2. The lowest BCUT2D eigenvalue weighted by Gasteiger charge is -2.32. The molecule has 7 heteroatoms. The second-order valence-electron chi connectivity index (χ2n) is 5.52. The summed E-state index contributed by atoms with van der Waals surface area (Å²) >= 11 is 7.12. The van der Waals surface area contributed by atoms with E-state index in [9.17, 15) is 0 Å². The third kappa shape index (κ3) is 3.06. The maximum atomic E-state index is 7.12. The normalized spacial score (nSPS) is 12.6. The van der Waals surface area contributed by atoms with E-state index >= 15 is 0 Å². The van der Waals surface area contributed by atoms with Crippen molar-refractivity contribution in [3.8, 4) is 0 Å². The monoisotopic (exact) mass is 336 g/mol. The van der Waals surface area contributed by atoms with Gasteiger partial charge in [0.05, 0.1) is 12.4 Å². The molecule has 0 spiro atoms. The number of nitrogens with zero attached hydrogens (tertiary/aromatic N) is 2. The molecular formula is C15H19BCl2N4. The molecule has 0 aliphatic carbocycles. The highest BCUT2D eigenvalue weighted by atomic mass is 35.5. The second kappa shape index (κ2) is 7.03. The summed E-state index contributed by atoms with van der Waals surface area (Å²) in [6.07, 6.45) is 12.5. The molecule has 4 nitrogen and oxygen atoms in total. The van der Waals surface area contributed by atoms with Crippen molar-refractivity contribution < 1.29 is 21.4 Å². The summed E-state index contributed by atoms with van der Waals surface area (Å²) in [6.45, 7) is 2.19. The summed E-state index contributed by atoms with van der Waals surface area (Å²) < 4.78 is 4.12. The highest BCUT2D eigenvalue weighted by Gasteiger charge is 2.44. The summed E-state index contributed by atoms with van der Waals surface area (Å²) in [7, 11) is 0. The average molecular weight is 337 g/mol. The van der Waals surface area contributed by atoms with Crippen molar-refractivity contribution in [2.24, 2.45) is 0 Å². The Bertz CT molecular complexity index is 637. The molecule has 2 N–H and O–H groups in total. The zero-order valence-corrected chi connectivity index (χ0v) is 13.9. The number of halogens is 2. The number of benzene rings is 1. The van der Waals surface area contributed by atoms with Crippen molar-refractivity contribution in [1.29, 1.82) is 0 Å². The van der Waals surface area contributed by atoms with E-state index in [-0.39, 0.29) is 18.2 Å². The van der Waals surface area contributed by atoms with Crippen LogP contribution in [0.3, 0.4) is 0 Å². The van der Waals surface area contributed by atoms with Gasteiger partial charge in [-0.3, -0.25) is 21.4 Å². The van der Waals surface area contributed by atoms with Crippen LogP contribution in [0.5, 0.6) is 0 Å². The van der Waals surface area contributed by atoms with E-state index in [2.05, 4.69) is 50.1 Å². The van der Waals surface area contributed by atoms with Crippen LogP contribution in [0.4, 0.5) is 0 Å². The molecule has 0 saturated heterocycles. The van der Waals surface area contributed by atoms with E-state index in [0.717, 1.165) is 6.42 Å². The Morgan fingerprint density at radius 2 is 1.59 bits per heavy atom. The molecule has 2 aromatic heterocycles. The molecule has 1 atom stereocenters. The van der Waals surface area contributed by atoms with E-state index < -0.39 is 5.83 Å². The van der Waals surface area contributed by atoms with Crippen LogP contribution in [0.25, 0.3) is 0 Å². The first-order chi connectivity index (χ1) is 10.2. The summed E-state index contributed by atoms with van der Waals surface area (Å²) in [5.41, 5.74) is 1.30. The molecule has 1 aromatic carbocycles. The van der Waals surface area contributed by atoms with E-state index in [4.69, 9.17) is 11.5 Å². The minimum atomic E-state index is -1.48. The minimum absolute atomic E-state index is 0. The number of imidazole rings is 2. The summed E-state index contributed by atoms with van der Waals surface area (Å²) in [4.78, 5) is 6.17. The van der Waals surface area contributed by atoms with Crippen LogP contribution in [-0.4, -0.2) is 15.8 Å². The van der Waals surface area contributed by atoms with Crippen LogP contribution in [0.2, 0.25) is 5.82 Å². The Labute approximate surface area is 141 Å². The number of aromatic amines is 2. The van der Waals surface area contributed by atoms with Crippen LogP contribution >= 0.6 is 11.5 Å². The van der Waals surface area contributed by atoms with E-state index in [1.165, 1.54) is 5.56 Å². The van der Waals surface area contributed by atoms with Crippen LogP contribution in [-0.2, 0) is 6.42 Å². The highest BCUT2D eigenvalue weighted by Crippen LogP contribution is 2.24. The topological polar surface area (TPSA) is 39.3 Å². The van der Waals surface area contributed by atoms with Crippen molar-refractivity contribution in [2.75, 3.05) is 0 Å². The number of rotatable bonds is 5. The molecule has 116 valence electrons. The number of aromatic nitrogens is 4. The predicted octanol–water partition coefficient (Wildman–Crippen LogP) is -0.871. The van der Waals surface area contributed by atoms with Crippen LogP contribution in [0, 0.1) is 0 Å². The standard InChI is InChI=1S/C15H19BClN4.ClH/c1-14(11-15-5-3-2-4-6-15)16(17,20-9-7-18-12-20)21-10-8-19-13-21;/h2-10,12-14,18-19H,11H2,1H3;1H/q+1;/p-1/t14-;/m1./s1. The van der Waals surface area contributed by atoms with Gasteiger partial charge >= 0.3 is 5.83 Å². The smallest absolute Gasteiger partial charge is 0.470 e. The molecule has 0 unspecified atom stereocenters. The lowest BCUT2D eigenvalue weighted by atomic mass is 9.58. The Morgan fingerprint density at radius 1 is 1.05 bits per heavy atom. The van der Waals surface area contributed by atoms with Gasteiger partial charge in [-0.2, -0.15) is 0 Å². The fourth-order valence-corrected chi connectivity index (χ4v) is 3.26. The zero-order valence-electron chi connectivity index (χ0n) is 12.4. The largest absolute Gasteiger partial charge is 1.00 e. The fraction of sp³-hybridized carbons (Fsp3) is 0.200. The molecule has 0 saturated carbocycles. The van der Waals surface area contributed by atoms with Crippen molar-refractivity contribution in [2.45, 2.75) is 19.2 Å². The van der Waals surface area contributed by atoms with Gasteiger partial charge < -0.3 is 21.4 Å². The average Bonchev–Trinajstić information content (AvgIpc) is 3.21. The number of hydrogen-bond acceptors (Lipinski definition) is 0. The first kappa shape index (κ1) is 16.7. The molecule has 3 aromatic rings. The van der Waals surface area contributed by atoms with Gasteiger partial charge in [-0.15, -0.1) is 0 Å². The van der Waals surface area contributed by atoms with Crippen molar-refractivity contribution in [3.05, 3.63) is 73.3 Å². The van der Waals surface area contributed by atoms with Gasteiger partial charge in [0.2, 0.25) is 0 Å². The fourth-order valence-electron chi connectivity index (χ4n) is 2.93. The van der Waals surface area contributed by atoms with Gasteiger partial charge in [0.1, 0.15) is 12.4 Å². The van der Waals surface area contributed by atoms with Gasteiger partial charge in [-0.1, -0.05) is 48.6 Å². The molecular weight excluding hydrogens is 318 g/mol. The lowest BCUT2D eigenvalue weighted by molar-refractivity contribution is -0.682. The highest BCUT2D eigenvalue weighted by molar-refractivity contribution is 7.10. The van der Waals surface area contributed by atoms with Gasteiger partial charge in [0, 0.05) is 0 Å². The van der Waals surface area contributed by atoms with Crippen molar-refractivity contribution in [1.82, 2.24) is 9.97 Å².